The van der Waals surface area contributed by atoms with Crippen LogP contribution in [0, 0.1) is 5.92 Å². The van der Waals surface area contributed by atoms with Gasteiger partial charge in [0.05, 0.1) is 12.7 Å². The number of hydrogen-bond donors (Lipinski definition) is 1. The topological polar surface area (TPSA) is 21.3 Å². The highest BCUT2D eigenvalue weighted by molar-refractivity contribution is 6.31. The summed E-state index contributed by atoms with van der Waals surface area (Å²) in [6.07, 6.45) is 2.51. The van der Waals surface area contributed by atoms with Crippen LogP contribution >= 0.6 is 11.6 Å². The minimum absolute atomic E-state index is 0.391. The standard InChI is InChI=1S/C15H22ClNO/c1-3-17-15(13-8-11(2)18-10-13)9-12-6-4-5-7-14(12)16/h4-7,11,13,15,17H,3,8-10H2,1-2H3. The second-order valence-electron chi connectivity index (χ2n) is 5.10. The fourth-order valence-corrected chi connectivity index (χ4v) is 2.91. The van der Waals surface area contributed by atoms with E-state index in [1.54, 1.807) is 0 Å². The highest BCUT2D eigenvalue weighted by Gasteiger charge is 2.29. The molecule has 3 unspecified atom stereocenters. The molecule has 1 N–H and O–H groups in total. The third-order valence-electron chi connectivity index (χ3n) is 3.66. The Morgan fingerprint density at radius 1 is 1.44 bits per heavy atom. The van der Waals surface area contributed by atoms with Crippen LogP contribution in [0.15, 0.2) is 24.3 Å². The van der Waals surface area contributed by atoms with Gasteiger partial charge in [-0.05, 0) is 37.9 Å². The number of rotatable bonds is 5. The van der Waals surface area contributed by atoms with Gasteiger partial charge >= 0.3 is 0 Å². The second kappa shape index (κ2) is 6.55. The molecule has 0 amide bonds. The lowest BCUT2D eigenvalue weighted by Crippen LogP contribution is -2.38. The predicted octanol–water partition coefficient (Wildman–Crippen LogP) is 3.29. The van der Waals surface area contributed by atoms with Crippen LogP contribution < -0.4 is 5.32 Å². The van der Waals surface area contributed by atoms with Crippen molar-refractivity contribution in [2.45, 2.75) is 38.8 Å². The van der Waals surface area contributed by atoms with Crippen molar-refractivity contribution in [2.24, 2.45) is 5.92 Å². The van der Waals surface area contributed by atoms with Gasteiger partial charge in [0.1, 0.15) is 0 Å². The maximum absolute atomic E-state index is 6.24. The van der Waals surface area contributed by atoms with Gasteiger partial charge in [0.2, 0.25) is 0 Å². The molecule has 1 saturated heterocycles. The van der Waals surface area contributed by atoms with Crippen molar-refractivity contribution in [3.8, 4) is 0 Å². The summed E-state index contributed by atoms with van der Waals surface area (Å²) in [7, 11) is 0. The average molecular weight is 268 g/mol. The molecule has 3 atom stereocenters. The zero-order chi connectivity index (χ0) is 13.0. The molecule has 1 aliphatic rings. The highest BCUT2D eigenvalue weighted by atomic mass is 35.5. The summed E-state index contributed by atoms with van der Waals surface area (Å²) in [4.78, 5) is 0. The second-order valence-corrected chi connectivity index (χ2v) is 5.51. The van der Waals surface area contributed by atoms with Crippen molar-refractivity contribution in [1.82, 2.24) is 5.32 Å². The molecule has 100 valence electrons. The molecule has 1 aromatic carbocycles. The predicted molar refractivity (Wildman–Crippen MR) is 76.1 cm³/mol. The Morgan fingerprint density at radius 3 is 2.83 bits per heavy atom. The first-order valence-corrected chi connectivity index (χ1v) is 7.17. The number of likely N-dealkylation sites (N-methyl/N-ethyl adjacent to an activating group) is 1. The molecule has 0 saturated carbocycles. The number of ether oxygens (including phenoxy) is 1. The maximum atomic E-state index is 6.24. The van der Waals surface area contributed by atoms with Gasteiger partial charge in [0.25, 0.3) is 0 Å². The molecule has 0 aliphatic carbocycles. The SMILES string of the molecule is CCNC(Cc1ccccc1Cl)C1COC(C)C1. The molecule has 0 radical (unpaired) electrons. The smallest absolute Gasteiger partial charge is 0.0551 e. The van der Waals surface area contributed by atoms with Crippen LogP contribution in [0.2, 0.25) is 5.02 Å². The van der Waals surface area contributed by atoms with E-state index >= 15 is 0 Å². The maximum Gasteiger partial charge on any atom is 0.0551 e. The average Bonchev–Trinajstić information content (AvgIpc) is 2.78. The van der Waals surface area contributed by atoms with E-state index in [4.69, 9.17) is 16.3 Å². The van der Waals surface area contributed by atoms with Crippen LogP contribution in [0.4, 0.5) is 0 Å². The Balaban J connectivity index is 2.04. The number of benzene rings is 1. The summed E-state index contributed by atoms with van der Waals surface area (Å²) in [5.41, 5.74) is 1.23. The molecule has 1 aromatic rings. The Labute approximate surface area is 115 Å². The molecular weight excluding hydrogens is 246 g/mol. The lowest BCUT2D eigenvalue weighted by Gasteiger charge is -2.24. The normalized spacial score (nSPS) is 25.3. The van der Waals surface area contributed by atoms with Crippen molar-refractivity contribution >= 4 is 11.6 Å². The monoisotopic (exact) mass is 267 g/mol. The van der Waals surface area contributed by atoms with Crippen LogP contribution in [-0.4, -0.2) is 25.3 Å². The summed E-state index contributed by atoms with van der Waals surface area (Å²) >= 11 is 6.24. The van der Waals surface area contributed by atoms with Crippen molar-refractivity contribution in [1.29, 1.82) is 0 Å². The minimum Gasteiger partial charge on any atom is -0.378 e. The van der Waals surface area contributed by atoms with E-state index in [-0.39, 0.29) is 0 Å². The van der Waals surface area contributed by atoms with Crippen LogP contribution in [-0.2, 0) is 11.2 Å². The summed E-state index contributed by atoms with van der Waals surface area (Å²) in [5, 5.41) is 4.45. The van der Waals surface area contributed by atoms with Crippen LogP contribution in [0.3, 0.4) is 0 Å². The number of nitrogens with one attached hydrogen (secondary N) is 1. The Bertz CT molecular complexity index is 383. The summed E-state index contributed by atoms with van der Waals surface area (Å²) in [6.45, 7) is 6.15. The first kappa shape index (κ1) is 13.9. The van der Waals surface area contributed by atoms with E-state index in [0.29, 0.717) is 18.1 Å². The quantitative estimate of drug-likeness (QED) is 0.884. The molecule has 2 nitrogen and oxygen atoms in total. The largest absolute Gasteiger partial charge is 0.378 e. The van der Waals surface area contributed by atoms with E-state index in [1.165, 1.54) is 5.56 Å². The van der Waals surface area contributed by atoms with Crippen LogP contribution in [0.5, 0.6) is 0 Å². The molecule has 0 aromatic heterocycles. The first-order chi connectivity index (χ1) is 8.70. The van der Waals surface area contributed by atoms with Gasteiger partial charge in [-0.15, -0.1) is 0 Å². The number of halogens is 1. The molecule has 1 fully saturated rings. The molecule has 2 rings (SSSR count). The zero-order valence-electron chi connectivity index (χ0n) is 11.2. The number of hydrogen-bond acceptors (Lipinski definition) is 2. The van der Waals surface area contributed by atoms with Crippen molar-refractivity contribution in [3.05, 3.63) is 34.9 Å². The summed E-state index contributed by atoms with van der Waals surface area (Å²) < 4.78 is 5.69. The summed E-state index contributed by atoms with van der Waals surface area (Å²) in [6, 6.07) is 8.58. The fraction of sp³-hybridized carbons (Fsp3) is 0.600. The molecule has 18 heavy (non-hydrogen) atoms. The van der Waals surface area contributed by atoms with Crippen molar-refractivity contribution < 1.29 is 4.74 Å². The molecule has 0 bridgehead atoms. The third-order valence-corrected chi connectivity index (χ3v) is 4.03. The molecular formula is C15H22ClNO. The van der Waals surface area contributed by atoms with Gasteiger partial charge in [-0.25, -0.2) is 0 Å². The van der Waals surface area contributed by atoms with Crippen molar-refractivity contribution in [2.75, 3.05) is 13.2 Å². The Hall–Kier alpha value is -0.570. The van der Waals surface area contributed by atoms with E-state index in [2.05, 4.69) is 31.3 Å². The van der Waals surface area contributed by atoms with E-state index in [9.17, 15) is 0 Å². The molecule has 1 aliphatic heterocycles. The van der Waals surface area contributed by atoms with Crippen LogP contribution in [0.25, 0.3) is 0 Å². The Morgan fingerprint density at radius 2 is 2.22 bits per heavy atom. The third kappa shape index (κ3) is 3.47. The van der Waals surface area contributed by atoms with E-state index < -0.39 is 0 Å². The van der Waals surface area contributed by atoms with Gasteiger partial charge in [-0.2, -0.15) is 0 Å². The molecule has 0 spiro atoms. The Kier molecular flexibility index (Phi) is 5.04. The fourth-order valence-electron chi connectivity index (χ4n) is 2.70. The first-order valence-electron chi connectivity index (χ1n) is 6.79. The van der Waals surface area contributed by atoms with Gasteiger partial charge < -0.3 is 10.1 Å². The zero-order valence-corrected chi connectivity index (χ0v) is 11.9. The van der Waals surface area contributed by atoms with E-state index in [1.807, 2.05) is 12.1 Å². The van der Waals surface area contributed by atoms with Gasteiger partial charge in [0, 0.05) is 17.0 Å². The summed E-state index contributed by atoms with van der Waals surface area (Å²) in [5.74, 6) is 0.594. The highest BCUT2D eigenvalue weighted by Crippen LogP contribution is 2.26. The van der Waals surface area contributed by atoms with Gasteiger partial charge in [0.15, 0.2) is 0 Å². The minimum atomic E-state index is 0.391. The van der Waals surface area contributed by atoms with E-state index in [0.717, 1.165) is 31.0 Å². The van der Waals surface area contributed by atoms with Crippen molar-refractivity contribution in [3.63, 3.8) is 0 Å². The van der Waals surface area contributed by atoms with Crippen LogP contribution in [0.1, 0.15) is 25.8 Å². The lowest BCUT2D eigenvalue weighted by atomic mass is 9.91. The lowest BCUT2D eigenvalue weighted by molar-refractivity contribution is 0.117. The molecule has 1 heterocycles. The van der Waals surface area contributed by atoms with Gasteiger partial charge in [-0.3, -0.25) is 0 Å². The molecule has 3 heteroatoms. The van der Waals surface area contributed by atoms with Gasteiger partial charge in [-0.1, -0.05) is 36.7 Å².